The Hall–Kier alpha value is -1.79. The van der Waals surface area contributed by atoms with Crippen molar-refractivity contribution in [2.24, 2.45) is 5.92 Å². The highest BCUT2D eigenvalue weighted by Gasteiger charge is 2.24. The number of esters is 1. The highest BCUT2D eigenvalue weighted by molar-refractivity contribution is 6.39. The van der Waals surface area contributed by atoms with Gasteiger partial charge in [0.05, 0.1) is 15.6 Å². The number of hydrogen-bond donors (Lipinski definition) is 2. The fourth-order valence-corrected chi connectivity index (χ4v) is 3.35. The predicted molar refractivity (Wildman–Crippen MR) is 94.8 cm³/mol. The van der Waals surface area contributed by atoms with Gasteiger partial charge in [-0.25, -0.2) is 9.59 Å². The van der Waals surface area contributed by atoms with Gasteiger partial charge in [0.2, 0.25) is 0 Å². The van der Waals surface area contributed by atoms with E-state index in [2.05, 4.69) is 17.6 Å². The molecule has 1 aliphatic carbocycles. The summed E-state index contributed by atoms with van der Waals surface area (Å²) in [5.74, 6) is -1.18. The number of amides is 3. The molecule has 0 unspecified atom stereocenters. The second kappa shape index (κ2) is 9.06. The first-order valence-electron chi connectivity index (χ1n) is 8.10. The van der Waals surface area contributed by atoms with Gasteiger partial charge in [0.25, 0.3) is 5.91 Å². The van der Waals surface area contributed by atoms with Crippen molar-refractivity contribution in [3.05, 3.63) is 33.8 Å². The molecule has 0 radical (unpaired) electrons. The summed E-state index contributed by atoms with van der Waals surface area (Å²) in [6, 6.07) is 4.03. The zero-order valence-corrected chi connectivity index (χ0v) is 15.3. The molecule has 1 aromatic rings. The van der Waals surface area contributed by atoms with Crippen molar-refractivity contribution in [3.8, 4) is 0 Å². The Labute approximate surface area is 156 Å². The van der Waals surface area contributed by atoms with Gasteiger partial charge < -0.3 is 10.1 Å². The molecule has 0 aromatic heterocycles. The fraction of sp³-hybridized carbons (Fsp3) is 0.471. The molecule has 2 N–H and O–H groups in total. The summed E-state index contributed by atoms with van der Waals surface area (Å²) >= 11 is 11.8. The summed E-state index contributed by atoms with van der Waals surface area (Å²) in [7, 11) is 0. The van der Waals surface area contributed by atoms with Gasteiger partial charge in [-0.2, -0.15) is 0 Å². The largest absolute Gasteiger partial charge is 0.452 e. The average molecular weight is 387 g/mol. The van der Waals surface area contributed by atoms with E-state index in [1.165, 1.54) is 12.1 Å². The second-order valence-electron chi connectivity index (χ2n) is 6.06. The van der Waals surface area contributed by atoms with Crippen LogP contribution in [0.1, 0.15) is 43.0 Å². The quantitative estimate of drug-likeness (QED) is 0.774. The van der Waals surface area contributed by atoms with E-state index in [0.29, 0.717) is 5.92 Å². The Bertz CT molecular complexity index is 646. The van der Waals surface area contributed by atoms with Crippen LogP contribution < -0.4 is 10.6 Å². The third kappa shape index (κ3) is 5.61. The Morgan fingerprint density at radius 1 is 1.16 bits per heavy atom. The van der Waals surface area contributed by atoms with Crippen molar-refractivity contribution in [2.75, 3.05) is 6.61 Å². The van der Waals surface area contributed by atoms with Crippen molar-refractivity contribution >= 4 is 41.1 Å². The SMILES string of the molecule is C[C@H]1CCCC[C@H]1NC(=O)NC(=O)COC(=O)c1c(Cl)cccc1Cl. The van der Waals surface area contributed by atoms with E-state index in [4.69, 9.17) is 27.9 Å². The molecule has 3 amide bonds. The van der Waals surface area contributed by atoms with Crippen molar-refractivity contribution < 1.29 is 19.1 Å². The van der Waals surface area contributed by atoms with E-state index in [1.807, 2.05) is 0 Å². The summed E-state index contributed by atoms with van der Waals surface area (Å²) in [5, 5.41) is 5.19. The number of carbonyl (C=O) groups is 3. The molecule has 1 aliphatic rings. The zero-order valence-electron chi connectivity index (χ0n) is 13.8. The molecule has 0 aliphatic heterocycles. The Kier molecular flexibility index (Phi) is 7.08. The number of nitrogens with one attached hydrogen (secondary N) is 2. The zero-order chi connectivity index (χ0) is 18.4. The highest BCUT2D eigenvalue weighted by atomic mass is 35.5. The summed E-state index contributed by atoms with van der Waals surface area (Å²) in [6.07, 6.45) is 4.15. The Morgan fingerprint density at radius 3 is 2.44 bits per heavy atom. The van der Waals surface area contributed by atoms with Crippen LogP contribution in [0.5, 0.6) is 0 Å². The Balaban J connectivity index is 1.80. The summed E-state index contributed by atoms with van der Waals surface area (Å²) in [4.78, 5) is 35.6. The maximum absolute atomic E-state index is 12.0. The molecular weight excluding hydrogens is 367 g/mol. The van der Waals surface area contributed by atoms with Crippen LogP contribution in [-0.4, -0.2) is 30.6 Å². The summed E-state index contributed by atoms with van der Waals surface area (Å²) < 4.78 is 4.86. The van der Waals surface area contributed by atoms with Crippen LogP contribution in [0.2, 0.25) is 10.0 Å². The molecule has 1 aromatic carbocycles. The van der Waals surface area contributed by atoms with Crippen molar-refractivity contribution in [3.63, 3.8) is 0 Å². The number of rotatable bonds is 4. The molecule has 2 atom stereocenters. The van der Waals surface area contributed by atoms with Crippen LogP contribution in [0.4, 0.5) is 4.79 Å². The summed E-state index contributed by atoms with van der Waals surface area (Å²) in [6.45, 7) is 1.47. The number of hydrogen-bond acceptors (Lipinski definition) is 4. The molecule has 0 spiro atoms. The minimum atomic E-state index is -0.827. The first-order chi connectivity index (χ1) is 11.9. The monoisotopic (exact) mass is 386 g/mol. The molecule has 25 heavy (non-hydrogen) atoms. The third-order valence-electron chi connectivity index (χ3n) is 4.18. The number of halogens is 2. The normalized spacial score (nSPS) is 19.8. The summed E-state index contributed by atoms with van der Waals surface area (Å²) in [5.41, 5.74) is -0.0147. The van der Waals surface area contributed by atoms with E-state index in [0.717, 1.165) is 25.7 Å². The van der Waals surface area contributed by atoms with E-state index >= 15 is 0 Å². The van der Waals surface area contributed by atoms with E-state index in [9.17, 15) is 14.4 Å². The number of carbonyl (C=O) groups excluding carboxylic acids is 3. The molecule has 0 heterocycles. The van der Waals surface area contributed by atoms with Gasteiger partial charge in [-0.1, -0.05) is 49.0 Å². The van der Waals surface area contributed by atoms with Gasteiger partial charge in [-0.3, -0.25) is 10.1 Å². The molecule has 8 heteroatoms. The Morgan fingerprint density at radius 2 is 1.80 bits per heavy atom. The van der Waals surface area contributed by atoms with E-state index in [1.54, 1.807) is 6.07 Å². The lowest BCUT2D eigenvalue weighted by molar-refractivity contribution is -0.123. The lowest BCUT2D eigenvalue weighted by Gasteiger charge is -2.29. The second-order valence-corrected chi connectivity index (χ2v) is 6.88. The standard InChI is InChI=1S/C17H20Cl2N2O4/c1-10-5-2-3-8-13(10)20-17(24)21-14(22)9-25-16(23)15-11(18)6-4-7-12(15)19/h4,6-7,10,13H,2-3,5,8-9H2,1H3,(H2,20,21,22,24)/t10-,13+/m0/s1. The first kappa shape index (κ1) is 19.5. The third-order valence-corrected chi connectivity index (χ3v) is 4.81. The van der Waals surface area contributed by atoms with Gasteiger partial charge in [0.15, 0.2) is 6.61 Å². The lowest BCUT2D eigenvalue weighted by atomic mass is 9.86. The number of benzene rings is 1. The van der Waals surface area contributed by atoms with Crippen molar-refractivity contribution in [2.45, 2.75) is 38.6 Å². The lowest BCUT2D eigenvalue weighted by Crippen LogP contribution is -2.48. The van der Waals surface area contributed by atoms with Crippen molar-refractivity contribution in [1.82, 2.24) is 10.6 Å². The van der Waals surface area contributed by atoms with Gasteiger partial charge in [0, 0.05) is 6.04 Å². The van der Waals surface area contributed by atoms with Crippen LogP contribution in [0.25, 0.3) is 0 Å². The van der Waals surface area contributed by atoms with Gasteiger partial charge in [-0.15, -0.1) is 0 Å². The van der Waals surface area contributed by atoms with Gasteiger partial charge >= 0.3 is 12.0 Å². The van der Waals surface area contributed by atoms with Crippen LogP contribution in [0.15, 0.2) is 18.2 Å². The number of imide groups is 1. The molecule has 2 rings (SSSR count). The first-order valence-corrected chi connectivity index (χ1v) is 8.85. The minimum Gasteiger partial charge on any atom is -0.452 e. The molecule has 6 nitrogen and oxygen atoms in total. The van der Waals surface area contributed by atoms with E-state index in [-0.39, 0.29) is 21.7 Å². The van der Waals surface area contributed by atoms with Crippen LogP contribution in [0.3, 0.4) is 0 Å². The molecule has 0 saturated heterocycles. The van der Waals surface area contributed by atoms with Crippen LogP contribution in [-0.2, 0) is 9.53 Å². The number of ether oxygens (including phenoxy) is 1. The maximum Gasteiger partial charge on any atom is 0.341 e. The van der Waals surface area contributed by atoms with Crippen LogP contribution in [0, 0.1) is 5.92 Å². The average Bonchev–Trinajstić information content (AvgIpc) is 2.55. The van der Waals surface area contributed by atoms with Crippen LogP contribution >= 0.6 is 23.2 Å². The number of urea groups is 1. The van der Waals surface area contributed by atoms with Gasteiger partial charge in [0.1, 0.15) is 0 Å². The molecule has 1 fully saturated rings. The maximum atomic E-state index is 12.0. The molecular formula is C17H20Cl2N2O4. The van der Waals surface area contributed by atoms with Gasteiger partial charge in [-0.05, 0) is 30.9 Å². The molecule has 0 bridgehead atoms. The smallest absolute Gasteiger partial charge is 0.341 e. The highest BCUT2D eigenvalue weighted by Crippen LogP contribution is 2.25. The van der Waals surface area contributed by atoms with E-state index < -0.39 is 24.5 Å². The topological polar surface area (TPSA) is 84.5 Å². The molecule has 1 saturated carbocycles. The minimum absolute atomic E-state index is 0.0147. The predicted octanol–water partition coefficient (Wildman–Crippen LogP) is 3.55. The fourth-order valence-electron chi connectivity index (χ4n) is 2.79. The van der Waals surface area contributed by atoms with Crippen molar-refractivity contribution in [1.29, 1.82) is 0 Å². The molecule has 136 valence electrons.